The fourth-order valence-electron chi connectivity index (χ4n) is 14.0. The van der Waals surface area contributed by atoms with Gasteiger partial charge in [-0.1, -0.05) is 215 Å². The lowest BCUT2D eigenvalue weighted by molar-refractivity contribution is 0.591. The molecule has 12 aromatic carbocycles. The molecule has 11 heteroatoms. The predicted molar refractivity (Wildman–Crippen MR) is 392 cm³/mol. The van der Waals surface area contributed by atoms with E-state index in [2.05, 4.69) is 204 Å². The van der Waals surface area contributed by atoms with E-state index < -0.39 is 0 Å². The van der Waals surface area contributed by atoms with Crippen LogP contribution in [0.5, 0.6) is 0 Å². The van der Waals surface area contributed by atoms with Gasteiger partial charge >= 0.3 is 0 Å². The molecule has 2 aliphatic heterocycles. The molecule has 0 fully saturated rings. The Balaban J connectivity index is 0.934. The first-order valence-electron chi connectivity index (χ1n) is 32.2. The molecule has 2 aliphatic rings. The third kappa shape index (κ3) is 9.85. The van der Waals surface area contributed by atoms with Crippen molar-refractivity contribution < 1.29 is 0 Å². The Morgan fingerprint density at radius 1 is 0.385 bits per heavy atom. The molecule has 0 aliphatic carbocycles. The van der Waals surface area contributed by atoms with Crippen molar-refractivity contribution in [3.63, 3.8) is 0 Å². The molecule has 96 heavy (non-hydrogen) atoms. The third-order valence-electron chi connectivity index (χ3n) is 18.6. The largest absolute Gasteiger partial charge is 0.313 e. The van der Waals surface area contributed by atoms with E-state index in [1.807, 2.05) is 133 Å². The predicted octanol–water partition coefficient (Wildman–Crippen LogP) is 19.2. The SMILES string of the molecule is [C-]#[N+]c1ccc2c(c1)N(c1ccccc1)c1cc(-c3ccc4c(c3)c3ccc(C(C)(C)C)cc3n4-c3ccc(-c4nc(-c5ccccc5)cc(-c5ccccc5)n4)cc3-c3nc(-c4ccccc4)nc(-c4ccccc4)n3)cc3c1B2c1ccc(C#N)cc1N3c1ccccc1. The highest BCUT2D eigenvalue weighted by atomic mass is 15.2. The van der Waals surface area contributed by atoms with E-state index in [1.54, 1.807) is 0 Å². The first-order valence-corrected chi connectivity index (χ1v) is 32.2. The summed E-state index contributed by atoms with van der Waals surface area (Å²) >= 11 is 0. The Bertz CT molecular complexity index is 5420. The number of fused-ring (bicyclic) bond motifs is 7. The maximum Gasteiger partial charge on any atom is 0.251 e. The Morgan fingerprint density at radius 3 is 1.45 bits per heavy atom. The van der Waals surface area contributed by atoms with Gasteiger partial charge in [-0.15, -0.1) is 0 Å². The number of rotatable bonds is 10. The minimum Gasteiger partial charge on any atom is -0.313 e. The van der Waals surface area contributed by atoms with Crippen LogP contribution in [0.1, 0.15) is 31.9 Å². The van der Waals surface area contributed by atoms with Crippen molar-refractivity contribution >= 4 is 84.7 Å². The minimum absolute atomic E-state index is 0.202. The Labute approximate surface area is 557 Å². The van der Waals surface area contributed by atoms with Gasteiger partial charge < -0.3 is 14.4 Å². The molecular weight excluding hydrogens is 1170 g/mol. The average molecular weight is 1230 g/mol. The van der Waals surface area contributed by atoms with Crippen LogP contribution < -0.4 is 26.2 Å². The summed E-state index contributed by atoms with van der Waals surface area (Å²) in [5, 5.41) is 12.7. The van der Waals surface area contributed by atoms with Crippen LogP contribution in [-0.4, -0.2) is 36.2 Å². The highest BCUT2D eigenvalue weighted by Gasteiger charge is 2.44. The number of benzene rings is 12. The van der Waals surface area contributed by atoms with E-state index in [4.69, 9.17) is 31.5 Å². The Morgan fingerprint density at radius 2 is 0.896 bits per heavy atom. The van der Waals surface area contributed by atoms with Crippen LogP contribution in [0.3, 0.4) is 0 Å². The first kappa shape index (κ1) is 57.1. The molecule has 0 radical (unpaired) electrons. The number of hydrogen-bond donors (Lipinski definition) is 0. The molecule has 0 unspecified atom stereocenters. The molecule has 3 aromatic heterocycles. The van der Waals surface area contributed by atoms with Crippen molar-refractivity contribution in [1.29, 1.82) is 5.26 Å². The molecule has 0 bridgehead atoms. The fourth-order valence-corrected chi connectivity index (χ4v) is 14.0. The van der Waals surface area contributed by atoms with Gasteiger partial charge in [0.25, 0.3) is 6.71 Å². The van der Waals surface area contributed by atoms with E-state index in [1.165, 1.54) is 5.56 Å². The smallest absolute Gasteiger partial charge is 0.251 e. The van der Waals surface area contributed by atoms with Gasteiger partial charge in [-0.3, -0.25) is 0 Å². The lowest BCUT2D eigenvalue weighted by atomic mass is 9.33. The molecule has 0 atom stereocenters. The normalized spacial score (nSPS) is 12.2. The average Bonchev–Trinajstić information content (AvgIpc) is 0.713. The molecule has 0 N–H and O–H groups in total. The van der Waals surface area contributed by atoms with Crippen LogP contribution in [0.15, 0.2) is 291 Å². The molecule has 450 valence electrons. The van der Waals surface area contributed by atoms with Gasteiger partial charge in [-0.25, -0.2) is 29.8 Å². The second kappa shape index (κ2) is 23.1. The second-order valence-electron chi connectivity index (χ2n) is 25.5. The van der Waals surface area contributed by atoms with E-state index in [9.17, 15) is 5.26 Å². The van der Waals surface area contributed by atoms with E-state index in [0.717, 1.165) is 134 Å². The monoisotopic (exact) mass is 1230 g/mol. The van der Waals surface area contributed by atoms with Crippen LogP contribution in [0, 0.1) is 17.9 Å². The van der Waals surface area contributed by atoms with Gasteiger partial charge in [0.2, 0.25) is 0 Å². The standard InChI is InChI=1S/C85H57BN10/c1-85(2,3)62-38-40-66-67-46-59(61-48-78-80-79(49-61)95(65-33-21-10-22-34-65)77-51-63(88-4)39-42-70(77)86(80)69-41-35-54(53-87)45-76(69)94(78)64-31-19-9-20-32-64)36-43-73(67)96(75(66)50-62)74-44-37-60(83-89-71(55-23-11-5-12-24-55)52-72(90-83)56-25-13-6-14-26-56)47-68(74)84-92-81(57-27-15-7-16-28-57)91-82(93-84)58-29-17-8-18-30-58/h5-52H,1-3H3. The van der Waals surface area contributed by atoms with Gasteiger partial charge in [0, 0.05) is 78.3 Å². The van der Waals surface area contributed by atoms with Gasteiger partial charge in [-0.2, -0.15) is 5.26 Å². The quantitative estimate of drug-likeness (QED) is 0.0985. The Kier molecular flexibility index (Phi) is 13.7. The van der Waals surface area contributed by atoms with Crippen LogP contribution in [0.2, 0.25) is 0 Å². The summed E-state index contributed by atoms with van der Waals surface area (Å²) in [6.07, 6.45) is 0. The van der Waals surface area contributed by atoms with Gasteiger partial charge in [0.15, 0.2) is 29.0 Å². The summed E-state index contributed by atoms with van der Waals surface area (Å²) < 4.78 is 2.39. The number of anilines is 6. The fraction of sp³-hybridized carbons (Fsp3) is 0.0471. The maximum absolute atomic E-state index is 10.5. The van der Waals surface area contributed by atoms with Gasteiger partial charge in [-0.05, 0) is 136 Å². The number of para-hydroxylation sites is 2. The zero-order valence-corrected chi connectivity index (χ0v) is 52.8. The lowest BCUT2D eigenvalue weighted by Crippen LogP contribution is -2.61. The molecule has 0 spiro atoms. The number of hydrogen-bond acceptors (Lipinski definition) is 8. The van der Waals surface area contributed by atoms with E-state index >= 15 is 0 Å². The topological polar surface area (TPSA) is 104 Å². The van der Waals surface area contributed by atoms with Gasteiger partial charge in [0.05, 0.1) is 46.3 Å². The van der Waals surface area contributed by atoms with Crippen molar-refractivity contribution in [2.24, 2.45) is 0 Å². The lowest BCUT2D eigenvalue weighted by Gasteiger charge is -2.44. The van der Waals surface area contributed by atoms with Crippen LogP contribution in [-0.2, 0) is 5.41 Å². The van der Waals surface area contributed by atoms with Crippen molar-refractivity contribution in [2.45, 2.75) is 26.2 Å². The Hall–Kier alpha value is -12.8. The molecule has 15 aromatic rings. The molecule has 17 rings (SSSR count). The van der Waals surface area contributed by atoms with Crippen molar-refractivity contribution in [3.05, 3.63) is 314 Å². The van der Waals surface area contributed by atoms with Crippen LogP contribution >= 0.6 is 0 Å². The first-order chi connectivity index (χ1) is 47.1. The molecular formula is C85H57BN10. The van der Waals surface area contributed by atoms with Crippen molar-refractivity contribution in [2.75, 3.05) is 9.80 Å². The van der Waals surface area contributed by atoms with Crippen molar-refractivity contribution in [1.82, 2.24) is 29.5 Å². The summed E-state index contributed by atoms with van der Waals surface area (Å²) in [6.45, 7) is 14.8. The van der Waals surface area contributed by atoms with Crippen LogP contribution in [0.4, 0.5) is 39.8 Å². The number of aromatic nitrogens is 6. The zero-order valence-electron chi connectivity index (χ0n) is 52.8. The molecule has 10 nitrogen and oxygen atoms in total. The van der Waals surface area contributed by atoms with Crippen molar-refractivity contribution in [3.8, 4) is 90.9 Å². The molecule has 0 saturated heterocycles. The maximum atomic E-state index is 10.5. The highest BCUT2D eigenvalue weighted by Crippen LogP contribution is 2.48. The van der Waals surface area contributed by atoms with E-state index in [-0.39, 0.29) is 12.1 Å². The second-order valence-corrected chi connectivity index (χ2v) is 25.5. The van der Waals surface area contributed by atoms with Crippen LogP contribution in [0.25, 0.3) is 112 Å². The van der Waals surface area contributed by atoms with E-state index in [0.29, 0.717) is 34.5 Å². The molecule has 0 amide bonds. The summed E-state index contributed by atoms with van der Waals surface area (Å²) in [5.74, 6) is 2.13. The summed E-state index contributed by atoms with van der Waals surface area (Å²) in [7, 11) is 0. The minimum atomic E-state index is -0.221. The molecule has 5 heterocycles. The summed E-state index contributed by atoms with van der Waals surface area (Å²) in [5.41, 5.74) is 22.9. The highest BCUT2D eigenvalue weighted by molar-refractivity contribution is 7.00. The molecule has 0 saturated carbocycles. The third-order valence-corrected chi connectivity index (χ3v) is 18.6. The number of nitrogens with zero attached hydrogens (tertiary/aromatic N) is 10. The summed E-state index contributed by atoms with van der Waals surface area (Å²) in [6, 6.07) is 103. The summed E-state index contributed by atoms with van der Waals surface area (Å²) in [4.78, 5) is 35.5. The number of nitriles is 1. The van der Waals surface area contributed by atoms with Gasteiger partial charge in [0.1, 0.15) is 0 Å². The zero-order chi connectivity index (χ0) is 64.6.